The summed E-state index contributed by atoms with van der Waals surface area (Å²) in [5.74, 6) is -1.21. The molecule has 0 aliphatic rings. The molecular weight excluding hydrogens is 364 g/mol. The summed E-state index contributed by atoms with van der Waals surface area (Å²) >= 11 is 0. The van der Waals surface area contributed by atoms with E-state index in [1.807, 2.05) is 0 Å². The minimum atomic E-state index is -0.490. The number of benzene rings is 2. The topological polar surface area (TPSA) is 61.4 Å². The van der Waals surface area contributed by atoms with Gasteiger partial charge in [-0.1, -0.05) is 18.2 Å². The van der Waals surface area contributed by atoms with E-state index < -0.39 is 11.7 Å². The lowest BCUT2D eigenvalue weighted by Crippen LogP contribution is -2.31. The number of halogens is 2. The third-order valence-electron chi connectivity index (χ3n) is 3.79. The van der Waals surface area contributed by atoms with Gasteiger partial charge in [-0.05, 0) is 54.5 Å². The van der Waals surface area contributed by atoms with Gasteiger partial charge in [-0.15, -0.1) is 0 Å². The van der Waals surface area contributed by atoms with Crippen LogP contribution in [0.5, 0.6) is 0 Å². The average Bonchev–Trinajstić information content (AvgIpc) is 2.69. The first-order valence-electron chi connectivity index (χ1n) is 8.58. The van der Waals surface area contributed by atoms with Gasteiger partial charge in [-0.25, -0.2) is 8.78 Å². The van der Waals surface area contributed by atoms with E-state index in [-0.39, 0.29) is 11.4 Å². The predicted molar refractivity (Wildman–Crippen MR) is 104 cm³/mol. The molecule has 2 rings (SSSR count). The normalized spacial score (nSPS) is 11.3. The molecule has 0 aromatic heterocycles. The van der Waals surface area contributed by atoms with Crippen LogP contribution in [0.3, 0.4) is 0 Å². The van der Waals surface area contributed by atoms with E-state index in [9.17, 15) is 18.4 Å². The Hall–Kier alpha value is -3.48. The van der Waals surface area contributed by atoms with E-state index in [1.165, 1.54) is 42.5 Å². The Balaban J connectivity index is 1.99. The van der Waals surface area contributed by atoms with Crippen molar-refractivity contribution in [1.29, 1.82) is 0 Å². The molecule has 28 heavy (non-hydrogen) atoms. The number of hydrogen-bond donors (Lipinski definition) is 2. The lowest BCUT2D eigenvalue weighted by atomic mass is 10.1. The molecule has 2 aromatic carbocycles. The lowest BCUT2D eigenvalue weighted by molar-refractivity contribution is -0.116. The highest BCUT2D eigenvalue weighted by atomic mass is 19.1. The molecule has 7 heteroatoms. The van der Waals surface area contributed by atoms with Crippen LogP contribution < -0.4 is 10.9 Å². The van der Waals surface area contributed by atoms with Crippen LogP contribution in [-0.4, -0.2) is 30.7 Å². The first kappa shape index (κ1) is 20.8. The van der Waals surface area contributed by atoms with Gasteiger partial charge >= 0.3 is 0 Å². The van der Waals surface area contributed by atoms with Crippen molar-refractivity contribution in [3.8, 4) is 0 Å². The monoisotopic (exact) mass is 385 g/mol. The van der Waals surface area contributed by atoms with Crippen LogP contribution >= 0.6 is 0 Å². The molecular formula is C21H21F2N3O2. The van der Waals surface area contributed by atoms with Crippen LogP contribution in [0.15, 0.2) is 72.5 Å². The highest BCUT2D eigenvalue weighted by Crippen LogP contribution is 2.09. The number of anilines is 1. The fourth-order valence-electron chi connectivity index (χ4n) is 2.35. The molecule has 2 N–H and O–H groups in total. The summed E-state index contributed by atoms with van der Waals surface area (Å²) in [6.45, 7) is 0.578. The molecule has 0 saturated carbocycles. The minimum Gasteiger partial charge on any atom is -0.379 e. The van der Waals surface area contributed by atoms with Crippen molar-refractivity contribution in [3.05, 3.63) is 89.7 Å². The molecule has 0 aliphatic carbocycles. The third-order valence-corrected chi connectivity index (χ3v) is 3.79. The fraction of sp³-hybridized carbons (Fsp3) is 0.143. The molecule has 0 fully saturated rings. The standard InChI is InChI=1S/C21H21F2N3O2/c1-26(12-11-16-7-9-18(22)10-8-16)15-17(4-3-13-27)21(28)25-24-20-6-2-5-19(23)14-20/h2-10,13-15,24H,11-12H2,1H3,(H,25,28)/b4-3-,17-15+. The van der Waals surface area contributed by atoms with E-state index in [4.69, 9.17) is 0 Å². The van der Waals surface area contributed by atoms with Gasteiger partial charge in [0.15, 0.2) is 0 Å². The first-order valence-corrected chi connectivity index (χ1v) is 8.58. The molecule has 0 heterocycles. The number of likely N-dealkylation sites (N-methyl/N-ethyl adjacent to an activating group) is 1. The zero-order valence-electron chi connectivity index (χ0n) is 15.4. The second kappa shape index (κ2) is 10.6. The van der Waals surface area contributed by atoms with Gasteiger partial charge in [-0.2, -0.15) is 0 Å². The van der Waals surface area contributed by atoms with Gasteiger partial charge in [0.2, 0.25) is 0 Å². The van der Waals surface area contributed by atoms with Crippen molar-refractivity contribution in [1.82, 2.24) is 10.3 Å². The van der Waals surface area contributed by atoms with Crippen molar-refractivity contribution in [2.75, 3.05) is 19.0 Å². The summed E-state index contributed by atoms with van der Waals surface area (Å²) < 4.78 is 26.1. The summed E-state index contributed by atoms with van der Waals surface area (Å²) in [6, 6.07) is 11.8. The Morgan fingerprint density at radius 1 is 1.11 bits per heavy atom. The zero-order chi connectivity index (χ0) is 20.4. The summed E-state index contributed by atoms with van der Waals surface area (Å²) in [5, 5.41) is 0. The smallest absolute Gasteiger partial charge is 0.271 e. The number of carbonyl (C=O) groups is 2. The Labute approximate surface area is 162 Å². The highest BCUT2D eigenvalue weighted by Gasteiger charge is 2.08. The molecule has 1 amide bonds. The van der Waals surface area contributed by atoms with Crippen LogP contribution in [0.2, 0.25) is 0 Å². The first-order chi connectivity index (χ1) is 13.5. The summed E-state index contributed by atoms with van der Waals surface area (Å²) in [4.78, 5) is 24.8. The Morgan fingerprint density at radius 3 is 2.54 bits per heavy atom. The van der Waals surface area contributed by atoms with Crippen LogP contribution in [0.1, 0.15) is 5.56 Å². The predicted octanol–water partition coefficient (Wildman–Crippen LogP) is 3.22. The number of amides is 1. The third kappa shape index (κ3) is 7.03. The molecule has 0 atom stereocenters. The summed E-state index contributed by atoms with van der Waals surface area (Å²) in [5.41, 5.74) is 6.66. The number of hydrogen-bond acceptors (Lipinski definition) is 4. The van der Waals surface area contributed by atoms with Gasteiger partial charge in [-0.3, -0.25) is 20.4 Å². The van der Waals surface area contributed by atoms with Crippen LogP contribution in [0.25, 0.3) is 0 Å². The highest BCUT2D eigenvalue weighted by molar-refractivity contribution is 5.97. The number of allylic oxidation sites excluding steroid dienone is 1. The zero-order valence-corrected chi connectivity index (χ0v) is 15.4. The molecule has 0 unspecified atom stereocenters. The maximum Gasteiger partial charge on any atom is 0.271 e. The fourth-order valence-corrected chi connectivity index (χ4v) is 2.35. The van der Waals surface area contributed by atoms with E-state index >= 15 is 0 Å². The van der Waals surface area contributed by atoms with Gasteiger partial charge < -0.3 is 4.90 Å². The second-order valence-corrected chi connectivity index (χ2v) is 6.03. The van der Waals surface area contributed by atoms with Crippen molar-refractivity contribution in [2.45, 2.75) is 6.42 Å². The van der Waals surface area contributed by atoms with Gasteiger partial charge in [0, 0.05) is 19.8 Å². The van der Waals surface area contributed by atoms with E-state index in [1.54, 1.807) is 36.3 Å². The Morgan fingerprint density at radius 2 is 1.86 bits per heavy atom. The second-order valence-electron chi connectivity index (χ2n) is 6.03. The van der Waals surface area contributed by atoms with E-state index in [0.717, 1.165) is 5.56 Å². The molecule has 0 spiro atoms. The Bertz CT molecular complexity index is 864. The van der Waals surface area contributed by atoms with Crippen molar-refractivity contribution in [2.24, 2.45) is 0 Å². The molecule has 2 aromatic rings. The van der Waals surface area contributed by atoms with Gasteiger partial charge in [0.25, 0.3) is 5.91 Å². The minimum absolute atomic E-state index is 0.234. The summed E-state index contributed by atoms with van der Waals surface area (Å²) in [6.07, 6.45) is 5.40. The maximum atomic E-state index is 13.2. The molecule has 0 bridgehead atoms. The number of nitrogens with one attached hydrogen (secondary N) is 2. The molecule has 5 nitrogen and oxygen atoms in total. The number of rotatable bonds is 9. The average molecular weight is 385 g/mol. The number of nitrogens with zero attached hydrogens (tertiary/aromatic N) is 1. The van der Waals surface area contributed by atoms with Crippen molar-refractivity contribution < 1.29 is 18.4 Å². The number of hydrazine groups is 1. The Kier molecular flexibility index (Phi) is 7.90. The van der Waals surface area contributed by atoms with Crippen LogP contribution in [0.4, 0.5) is 14.5 Å². The van der Waals surface area contributed by atoms with E-state index in [2.05, 4.69) is 10.9 Å². The van der Waals surface area contributed by atoms with E-state index in [0.29, 0.717) is 24.9 Å². The van der Waals surface area contributed by atoms with Crippen LogP contribution in [-0.2, 0) is 16.0 Å². The number of carbonyl (C=O) groups excluding carboxylic acids is 2. The van der Waals surface area contributed by atoms with Gasteiger partial charge in [0.1, 0.15) is 17.9 Å². The van der Waals surface area contributed by atoms with Gasteiger partial charge in [0.05, 0.1) is 11.3 Å². The largest absolute Gasteiger partial charge is 0.379 e. The maximum absolute atomic E-state index is 13.2. The molecule has 0 aliphatic heterocycles. The van der Waals surface area contributed by atoms with Crippen molar-refractivity contribution in [3.63, 3.8) is 0 Å². The quantitative estimate of drug-likeness (QED) is 0.301. The molecule has 0 radical (unpaired) electrons. The number of aldehydes is 1. The SMILES string of the molecule is CN(/C=C(\C=C/C=O)C(=O)NNc1cccc(F)c1)CCc1ccc(F)cc1. The molecule has 0 saturated heterocycles. The molecule has 146 valence electrons. The van der Waals surface area contributed by atoms with Crippen LogP contribution in [0, 0.1) is 11.6 Å². The van der Waals surface area contributed by atoms with Crippen molar-refractivity contribution >= 4 is 17.9 Å². The lowest BCUT2D eigenvalue weighted by Gasteiger charge is -2.16. The summed E-state index contributed by atoms with van der Waals surface area (Å²) in [7, 11) is 1.78.